The lowest BCUT2D eigenvalue weighted by Gasteiger charge is -2.24. The van der Waals surface area contributed by atoms with E-state index >= 15 is 0 Å². The summed E-state index contributed by atoms with van der Waals surface area (Å²) in [4.78, 5) is 0. The van der Waals surface area contributed by atoms with E-state index in [0.717, 1.165) is 5.75 Å². The number of hydrogen-bond acceptors (Lipinski definition) is 2. The van der Waals surface area contributed by atoms with E-state index in [2.05, 4.69) is 65.2 Å². The second-order valence-electron chi connectivity index (χ2n) is 5.62. The van der Waals surface area contributed by atoms with Gasteiger partial charge in [-0.25, -0.2) is 0 Å². The van der Waals surface area contributed by atoms with Gasteiger partial charge in [0, 0.05) is 16.5 Å². The first-order chi connectivity index (χ1) is 7.83. The molecule has 1 atom stereocenters. The molecule has 1 rings (SSSR count). The summed E-state index contributed by atoms with van der Waals surface area (Å²) < 4.78 is 0.326. The Kier molecular flexibility index (Phi) is 5.08. The molecule has 17 heavy (non-hydrogen) atoms. The van der Waals surface area contributed by atoms with Crippen LogP contribution in [0.3, 0.4) is 0 Å². The summed E-state index contributed by atoms with van der Waals surface area (Å²) in [5.74, 6) is 1.12. The lowest BCUT2D eigenvalue weighted by molar-refractivity contribution is 0.652. The molecule has 0 amide bonds. The van der Waals surface area contributed by atoms with Crippen molar-refractivity contribution in [2.75, 3.05) is 12.8 Å². The first kappa shape index (κ1) is 14.6. The van der Waals surface area contributed by atoms with Crippen molar-refractivity contribution in [3.63, 3.8) is 0 Å². The fourth-order valence-corrected chi connectivity index (χ4v) is 2.81. The lowest BCUT2D eigenvalue weighted by atomic mass is 10.0. The van der Waals surface area contributed by atoms with E-state index in [4.69, 9.17) is 0 Å². The van der Waals surface area contributed by atoms with Gasteiger partial charge in [0.25, 0.3) is 0 Å². The zero-order chi connectivity index (χ0) is 13.1. The predicted molar refractivity (Wildman–Crippen MR) is 79.9 cm³/mol. The summed E-state index contributed by atoms with van der Waals surface area (Å²) in [7, 11) is 2.05. The Balaban J connectivity index is 2.82. The zero-order valence-electron chi connectivity index (χ0n) is 11.9. The molecule has 0 aliphatic rings. The normalized spacial score (nSPS) is 13.8. The van der Waals surface area contributed by atoms with Gasteiger partial charge < -0.3 is 5.32 Å². The minimum Gasteiger partial charge on any atom is -0.312 e. The molecule has 0 aliphatic heterocycles. The van der Waals surface area contributed by atoms with Crippen LogP contribution in [0.1, 0.15) is 43.5 Å². The number of hydrogen-bond donors (Lipinski definition) is 1. The molecule has 0 radical (unpaired) electrons. The van der Waals surface area contributed by atoms with Crippen molar-refractivity contribution in [1.29, 1.82) is 0 Å². The van der Waals surface area contributed by atoms with E-state index in [1.165, 1.54) is 16.7 Å². The molecular weight excluding hydrogens is 226 g/mol. The maximum Gasteiger partial charge on any atom is 0.0412 e. The standard InChI is InChI=1S/C15H25NS/c1-11-7-8-12(2)13(9-11)14(16-6)10-17-15(3,4)5/h7-9,14,16H,10H2,1-6H3. The van der Waals surface area contributed by atoms with Gasteiger partial charge in [0.2, 0.25) is 0 Å². The molecule has 0 aliphatic carbocycles. The molecule has 96 valence electrons. The number of thioether (sulfide) groups is 1. The molecule has 0 heterocycles. The topological polar surface area (TPSA) is 12.0 Å². The van der Waals surface area contributed by atoms with E-state index in [9.17, 15) is 0 Å². The SMILES string of the molecule is CNC(CSC(C)(C)C)c1cc(C)ccc1C. The third kappa shape index (κ3) is 4.72. The van der Waals surface area contributed by atoms with Crippen molar-refractivity contribution >= 4 is 11.8 Å². The van der Waals surface area contributed by atoms with Crippen LogP contribution in [0.2, 0.25) is 0 Å². The van der Waals surface area contributed by atoms with Gasteiger partial charge in [-0.2, -0.15) is 11.8 Å². The molecule has 0 fully saturated rings. The van der Waals surface area contributed by atoms with E-state index < -0.39 is 0 Å². The lowest BCUT2D eigenvalue weighted by Crippen LogP contribution is -2.22. The number of rotatable bonds is 4. The zero-order valence-corrected chi connectivity index (χ0v) is 12.7. The average molecular weight is 251 g/mol. The summed E-state index contributed by atoms with van der Waals surface area (Å²) in [5.41, 5.74) is 4.15. The Bertz CT molecular complexity index is 366. The van der Waals surface area contributed by atoms with E-state index in [1.807, 2.05) is 11.8 Å². The van der Waals surface area contributed by atoms with Crippen molar-refractivity contribution in [2.24, 2.45) is 0 Å². The summed E-state index contributed by atoms with van der Waals surface area (Å²) >= 11 is 2.01. The molecular formula is C15H25NS. The highest BCUT2D eigenvalue weighted by Crippen LogP contribution is 2.29. The van der Waals surface area contributed by atoms with Crippen LogP contribution >= 0.6 is 11.8 Å². The van der Waals surface area contributed by atoms with Crippen molar-refractivity contribution in [1.82, 2.24) is 5.32 Å². The monoisotopic (exact) mass is 251 g/mol. The average Bonchev–Trinajstić information content (AvgIpc) is 2.22. The Morgan fingerprint density at radius 1 is 1.24 bits per heavy atom. The Morgan fingerprint density at radius 3 is 2.41 bits per heavy atom. The molecule has 1 aromatic carbocycles. The molecule has 0 saturated heterocycles. The van der Waals surface area contributed by atoms with Gasteiger partial charge in [0.1, 0.15) is 0 Å². The molecule has 0 saturated carbocycles. The van der Waals surface area contributed by atoms with Crippen LogP contribution in [0.4, 0.5) is 0 Å². The molecule has 1 N–H and O–H groups in total. The third-order valence-electron chi connectivity index (χ3n) is 2.84. The first-order valence-electron chi connectivity index (χ1n) is 6.22. The van der Waals surface area contributed by atoms with Crippen molar-refractivity contribution in [3.05, 3.63) is 34.9 Å². The number of benzene rings is 1. The largest absolute Gasteiger partial charge is 0.312 e. The van der Waals surface area contributed by atoms with Gasteiger partial charge in [-0.1, -0.05) is 44.5 Å². The van der Waals surface area contributed by atoms with Gasteiger partial charge >= 0.3 is 0 Å². The smallest absolute Gasteiger partial charge is 0.0412 e. The van der Waals surface area contributed by atoms with E-state index in [0.29, 0.717) is 10.8 Å². The fourth-order valence-electron chi connectivity index (χ4n) is 1.80. The predicted octanol–water partition coefficient (Wildman–Crippen LogP) is 4.10. The highest BCUT2D eigenvalue weighted by atomic mass is 32.2. The summed E-state index contributed by atoms with van der Waals surface area (Å²) in [6.07, 6.45) is 0. The first-order valence-corrected chi connectivity index (χ1v) is 7.20. The van der Waals surface area contributed by atoms with Gasteiger partial charge in [-0.15, -0.1) is 0 Å². The Morgan fingerprint density at radius 2 is 1.88 bits per heavy atom. The van der Waals surface area contributed by atoms with Crippen LogP contribution in [-0.2, 0) is 0 Å². The quantitative estimate of drug-likeness (QED) is 0.865. The molecule has 2 heteroatoms. The maximum absolute atomic E-state index is 3.44. The van der Waals surface area contributed by atoms with Crippen molar-refractivity contribution in [2.45, 2.75) is 45.4 Å². The van der Waals surface area contributed by atoms with Gasteiger partial charge in [-0.3, -0.25) is 0 Å². The molecule has 0 aromatic heterocycles. The van der Waals surface area contributed by atoms with Crippen LogP contribution in [0.15, 0.2) is 18.2 Å². The molecule has 0 spiro atoms. The van der Waals surface area contributed by atoms with Crippen molar-refractivity contribution < 1.29 is 0 Å². The fraction of sp³-hybridized carbons (Fsp3) is 0.600. The maximum atomic E-state index is 3.44. The van der Waals surface area contributed by atoms with Gasteiger partial charge in [0.15, 0.2) is 0 Å². The van der Waals surface area contributed by atoms with Gasteiger partial charge in [0.05, 0.1) is 0 Å². The van der Waals surface area contributed by atoms with Gasteiger partial charge in [-0.05, 0) is 32.0 Å². The molecule has 1 unspecified atom stereocenters. The summed E-state index contributed by atoms with van der Waals surface area (Å²) in [5, 5.41) is 3.44. The number of aryl methyl sites for hydroxylation is 2. The Labute approximate surface area is 110 Å². The molecule has 0 bridgehead atoms. The van der Waals surface area contributed by atoms with Crippen LogP contribution in [0, 0.1) is 13.8 Å². The van der Waals surface area contributed by atoms with Crippen LogP contribution in [0.25, 0.3) is 0 Å². The highest BCUT2D eigenvalue weighted by molar-refractivity contribution is 8.00. The third-order valence-corrected chi connectivity index (χ3v) is 4.21. The van der Waals surface area contributed by atoms with Crippen LogP contribution in [-0.4, -0.2) is 17.5 Å². The van der Waals surface area contributed by atoms with E-state index in [1.54, 1.807) is 0 Å². The molecule has 1 aromatic rings. The van der Waals surface area contributed by atoms with Crippen LogP contribution in [0.5, 0.6) is 0 Å². The van der Waals surface area contributed by atoms with E-state index in [-0.39, 0.29) is 0 Å². The highest BCUT2D eigenvalue weighted by Gasteiger charge is 2.17. The summed E-state index contributed by atoms with van der Waals surface area (Å²) in [6.45, 7) is 11.2. The molecule has 1 nitrogen and oxygen atoms in total. The summed E-state index contributed by atoms with van der Waals surface area (Å²) in [6, 6.07) is 7.15. The second kappa shape index (κ2) is 5.92. The van der Waals surface area contributed by atoms with Crippen LogP contribution < -0.4 is 5.32 Å². The second-order valence-corrected chi connectivity index (χ2v) is 7.47. The minimum atomic E-state index is 0.326. The minimum absolute atomic E-state index is 0.326. The number of nitrogens with one attached hydrogen (secondary N) is 1. The Hall–Kier alpha value is -0.470. The van der Waals surface area contributed by atoms with Crippen molar-refractivity contribution in [3.8, 4) is 0 Å².